The molecule has 0 aliphatic carbocycles. The normalized spacial score (nSPS) is 14.3. The zero-order valence-corrected chi connectivity index (χ0v) is 12.9. The molecule has 0 radical (unpaired) electrons. The number of benzene rings is 1. The molecule has 120 valence electrons. The van der Waals surface area contributed by atoms with Gasteiger partial charge in [0.2, 0.25) is 0 Å². The minimum absolute atomic E-state index is 0.213. The van der Waals surface area contributed by atoms with Crippen LogP contribution in [0.1, 0.15) is 51.7 Å². The Labute approximate surface area is 123 Å². The average molecular weight is 305 g/mol. The van der Waals surface area contributed by atoms with Crippen molar-refractivity contribution in [3.8, 4) is 0 Å². The molecule has 0 aromatic heterocycles. The first kappa shape index (κ1) is 18.0. The number of hydrogen-bond acceptors (Lipinski definition) is 1. The van der Waals surface area contributed by atoms with Gasteiger partial charge in [-0.3, -0.25) is 0 Å². The maximum absolute atomic E-state index is 13.7. The minimum atomic E-state index is -4.65. The number of rotatable bonds is 6. The van der Waals surface area contributed by atoms with Crippen LogP contribution in [0.25, 0.3) is 0 Å². The van der Waals surface area contributed by atoms with Crippen LogP contribution in [0, 0.1) is 5.82 Å². The van der Waals surface area contributed by atoms with E-state index in [1.54, 1.807) is 0 Å². The zero-order valence-electron chi connectivity index (χ0n) is 12.9. The van der Waals surface area contributed by atoms with Gasteiger partial charge in [-0.25, -0.2) is 4.39 Å². The van der Waals surface area contributed by atoms with E-state index in [2.05, 4.69) is 12.2 Å². The van der Waals surface area contributed by atoms with Gasteiger partial charge >= 0.3 is 6.18 Å². The van der Waals surface area contributed by atoms with E-state index in [1.165, 1.54) is 6.07 Å². The molecule has 0 heterocycles. The topological polar surface area (TPSA) is 12.0 Å². The van der Waals surface area contributed by atoms with E-state index in [9.17, 15) is 17.6 Å². The summed E-state index contributed by atoms with van der Waals surface area (Å²) in [6.45, 7) is 8.81. The molecule has 5 heteroatoms. The predicted octanol–water partition coefficient (Wildman–Crippen LogP) is 4.90. The summed E-state index contributed by atoms with van der Waals surface area (Å²) in [6.07, 6.45) is -2.92. The van der Waals surface area contributed by atoms with Crippen molar-refractivity contribution in [2.24, 2.45) is 0 Å². The van der Waals surface area contributed by atoms with Gasteiger partial charge in [0.15, 0.2) is 0 Å². The fourth-order valence-corrected chi connectivity index (χ4v) is 2.51. The SMILES string of the molecule is CCCNC(C)CC(C)(C)c1ccc(C(F)(F)F)c(F)c1. The summed E-state index contributed by atoms with van der Waals surface area (Å²) in [5, 5.41) is 3.33. The quantitative estimate of drug-likeness (QED) is 0.737. The van der Waals surface area contributed by atoms with Crippen LogP contribution in [0.2, 0.25) is 0 Å². The van der Waals surface area contributed by atoms with Crippen molar-refractivity contribution in [1.29, 1.82) is 0 Å². The highest BCUT2D eigenvalue weighted by molar-refractivity contribution is 5.31. The van der Waals surface area contributed by atoms with Crippen LogP contribution in [0.5, 0.6) is 0 Å². The highest BCUT2D eigenvalue weighted by atomic mass is 19.4. The number of halogens is 4. The lowest BCUT2D eigenvalue weighted by Gasteiger charge is -2.29. The Bertz CT molecular complexity index is 466. The molecule has 0 aliphatic rings. The van der Waals surface area contributed by atoms with Crippen LogP contribution in [0.15, 0.2) is 18.2 Å². The molecule has 0 spiro atoms. The summed E-state index contributed by atoms with van der Waals surface area (Å²) < 4.78 is 51.4. The Morgan fingerprint density at radius 2 is 1.81 bits per heavy atom. The summed E-state index contributed by atoms with van der Waals surface area (Å²) in [5.41, 5.74) is -1.03. The summed E-state index contributed by atoms with van der Waals surface area (Å²) >= 11 is 0. The second kappa shape index (κ2) is 6.77. The van der Waals surface area contributed by atoms with Crippen LogP contribution < -0.4 is 5.32 Å². The molecule has 1 unspecified atom stereocenters. The predicted molar refractivity (Wildman–Crippen MR) is 76.8 cm³/mol. The molecule has 0 fully saturated rings. The molecule has 1 atom stereocenters. The molecule has 0 aliphatic heterocycles. The van der Waals surface area contributed by atoms with E-state index in [1.807, 2.05) is 20.8 Å². The van der Waals surface area contributed by atoms with Crippen molar-refractivity contribution in [2.75, 3.05) is 6.54 Å². The first-order valence-electron chi connectivity index (χ1n) is 7.18. The van der Waals surface area contributed by atoms with Gasteiger partial charge in [0.25, 0.3) is 0 Å². The van der Waals surface area contributed by atoms with E-state index < -0.39 is 23.0 Å². The van der Waals surface area contributed by atoms with Crippen LogP contribution >= 0.6 is 0 Å². The summed E-state index contributed by atoms with van der Waals surface area (Å²) in [5.74, 6) is -1.21. The Morgan fingerprint density at radius 1 is 1.19 bits per heavy atom. The Kier molecular flexibility index (Phi) is 5.79. The second-order valence-corrected chi connectivity index (χ2v) is 6.14. The summed E-state index contributed by atoms with van der Waals surface area (Å²) in [4.78, 5) is 0. The van der Waals surface area contributed by atoms with Gasteiger partial charge in [0.1, 0.15) is 5.82 Å². The molecule has 0 saturated carbocycles. The molecule has 21 heavy (non-hydrogen) atoms. The van der Waals surface area contributed by atoms with Crippen molar-refractivity contribution in [3.05, 3.63) is 35.1 Å². The van der Waals surface area contributed by atoms with Crippen molar-refractivity contribution in [3.63, 3.8) is 0 Å². The third-order valence-electron chi connectivity index (χ3n) is 3.62. The lowest BCUT2D eigenvalue weighted by atomic mass is 9.79. The molecule has 1 N–H and O–H groups in total. The molecule has 0 amide bonds. The van der Waals surface area contributed by atoms with Crippen LogP contribution in [-0.2, 0) is 11.6 Å². The largest absolute Gasteiger partial charge is 0.419 e. The smallest absolute Gasteiger partial charge is 0.314 e. The molecule has 0 bridgehead atoms. The molecule has 1 aromatic carbocycles. The van der Waals surface area contributed by atoms with Crippen LogP contribution in [0.3, 0.4) is 0 Å². The number of hydrogen-bond donors (Lipinski definition) is 1. The van der Waals surface area contributed by atoms with Gasteiger partial charge in [-0.1, -0.05) is 26.8 Å². The monoisotopic (exact) mass is 305 g/mol. The Hall–Kier alpha value is -1.10. The maximum Gasteiger partial charge on any atom is 0.419 e. The van der Waals surface area contributed by atoms with Crippen LogP contribution in [0.4, 0.5) is 17.6 Å². The standard InChI is InChI=1S/C16H23F4N/c1-5-8-21-11(2)10-15(3,4)12-6-7-13(14(17)9-12)16(18,19)20/h6-7,9,11,21H,5,8,10H2,1-4H3. The summed E-state index contributed by atoms with van der Waals surface area (Å²) in [7, 11) is 0. The van der Waals surface area contributed by atoms with Crippen molar-refractivity contribution >= 4 is 0 Å². The lowest BCUT2D eigenvalue weighted by molar-refractivity contribution is -0.140. The molecular formula is C16H23F4N. The first-order valence-corrected chi connectivity index (χ1v) is 7.18. The molecule has 1 rings (SSSR count). The van der Waals surface area contributed by atoms with Crippen molar-refractivity contribution < 1.29 is 17.6 Å². The minimum Gasteiger partial charge on any atom is -0.314 e. The van der Waals surface area contributed by atoms with Crippen LogP contribution in [-0.4, -0.2) is 12.6 Å². The molecular weight excluding hydrogens is 282 g/mol. The third kappa shape index (κ3) is 4.99. The average Bonchev–Trinajstić information content (AvgIpc) is 2.34. The van der Waals surface area contributed by atoms with E-state index in [4.69, 9.17) is 0 Å². The number of alkyl halides is 3. The first-order chi connectivity index (χ1) is 9.58. The maximum atomic E-state index is 13.7. The van der Waals surface area contributed by atoms with Gasteiger partial charge in [-0.15, -0.1) is 0 Å². The van der Waals surface area contributed by atoms with E-state index in [0.29, 0.717) is 5.56 Å². The second-order valence-electron chi connectivity index (χ2n) is 6.14. The van der Waals surface area contributed by atoms with Gasteiger partial charge < -0.3 is 5.32 Å². The van der Waals surface area contributed by atoms with Gasteiger partial charge in [-0.2, -0.15) is 13.2 Å². The van der Waals surface area contributed by atoms with E-state index >= 15 is 0 Å². The molecule has 0 saturated heterocycles. The van der Waals surface area contributed by atoms with Crippen molar-refractivity contribution in [1.82, 2.24) is 5.32 Å². The molecule has 1 aromatic rings. The number of nitrogens with one attached hydrogen (secondary N) is 1. The highest BCUT2D eigenvalue weighted by Gasteiger charge is 2.35. The third-order valence-corrected chi connectivity index (χ3v) is 3.62. The van der Waals surface area contributed by atoms with Crippen molar-refractivity contribution in [2.45, 2.75) is 58.2 Å². The zero-order chi connectivity index (χ0) is 16.3. The Balaban J connectivity index is 2.91. The summed E-state index contributed by atoms with van der Waals surface area (Å²) in [6, 6.07) is 3.43. The van der Waals surface area contributed by atoms with Gasteiger partial charge in [0.05, 0.1) is 5.56 Å². The van der Waals surface area contributed by atoms with Gasteiger partial charge in [0, 0.05) is 6.04 Å². The van der Waals surface area contributed by atoms with Gasteiger partial charge in [-0.05, 0) is 49.4 Å². The van der Waals surface area contributed by atoms with E-state index in [0.717, 1.165) is 31.5 Å². The Morgan fingerprint density at radius 3 is 2.29 bits per heavy atom. The van der Waals surface area contributed by atoms with E-state index in [-0.39, 0.29) is 6.04 Å². The molecule has 1 nitrogen and oxygen atoms in total. The fraction of sp³-hybridized carbons (Fsp3) is 0.625. The highest BCUT2D eigenvalue weighted by Crippen LogP contribution is 2.35. The fourth-order valence-electron chi connectivity index (χ4n) is 2.51. The lowest BCUT2D eigenvalue weighted by Crippen LogP contribution is -2.33.